The molecule has 1 aromatic heterocycles. The van der Waals surface area contributed by atoms with Crippen LogP contribution in [0.4, 0.5) is 5.82 Å². The van der Waals surface area contributed by atoms with Gasteiger partial charge in [0.1, 0.15) is 5.82 Å². The Morgan fingerprint density at radius 2 is 2.00 bits per heavy atom. The molecule has 3 N–H and O–H groups in total. The van der Waals surface area contributed by atoms with Gasteiger partial charge in [0.15, 0.2) is 0 Å². The van der Waals surface area contributed by atoms with E-state index in [1.165, 1.54) is 11.1 Å². The van der Waals surface area contributed by atoms with Crippen LogP contribution < -0.4 is 5.73 Å². The van der Waals surface area contributed by atoms with E-state index in [0.29, 0.717) is 5.82 Å². The lowest BCUT2D eigenvalue weighted by molar-refractivity contribution is 1.10. The van der Waals surface area contributed by atoms with E-state index in [0.717, 1.165) is 11.3 Å². The second-order valence-corrected chi connectivity index (χ2v) is 3.52. The maximum absolute atomic E-state index is 5.56. The average Bonchev–Trinajstić information content (AvgIpc) is 2.56. The Labute approximate surface area is 83.0 Å². The zero-order valence-corrected chi connectivity index (χ0v) is 8.33. The van der Waals surface area contributed by atoms with Gasteiger partial charge < -0.3 is 5.73 Å². The van der Waals surface area contributed by atoms with Crippen LogP contribution >= 0.6 is 0 Å². The first-order valence-corrected chi connectivity index (χ1v) is 4.55. The number of nitrogens with one attached hydrogen (secondary N) is 1. The number of nitrogens with zero attached hydrogens (tertiary/aromatic N) is 1. The third-order valence-electron chi connectivity index (χ3n) is 2.28. The Hall–Kier alpha value is -1.77. The highest BCUT2D eigenvalue weighted by molar-refractivity contribution is 5.66. The Kier molecular flexibility index (Phi) is 2.00. The minimum atomic E-state index is 0.529. The number of hydrogen-bond acceptors (Lipinski definition) is 2. The predicted octanol–water partition coefficient (Wildman–Crippen LogP) is 2.28. The van der Waals surface area contributed by atoms with Crippen LogP contribution in [-0.2, 0) is 0 Å². The van der Waals surface area contributed by atoms with Gasteiger partial charge in [0.25, 0.3) is 0 Å². The number of nitrogen functional groups attached to an aromatic ring is 1. The second kappa shape index (κ2) is 3.18. The van der Waals surface area contributed by atoms with Crippen LogP contribution in [0.1, 0.15) is 11.1 Å². The smallest absolute Gasteiger partial charge is 0.145 e. The fourth-order valence-electron chi connectivity index (χ4n) is 1.50. The molecule has 2 aromatic rings. The van der Waals surface area contributed by atoms with E-state index in [2.05, 4.69) is 42.2 Å². The number of anilines is 1. The first-order chi connectivity index (χ1) is 6.66. The molecule has 0 fully saturated rings. The van der Waals surface area contributed by atoms with Gasteiger partial charge in [-0.15, -0.1) is 0 Å². The molecule has 0 spiro atoms. The molecule has 0 aliphatic rings. The summed E-state index contributed by atoms with van der Waals surface area (Å²) in [6.07, 6.45) is 0. The number of aromatic nitrogens is 2. The summed E-state index contributed by atoms with van der Waals surface area (Å²) in [6, 6.07) is 8.17. The minimum absolute atomic E-state index is 0.529. The van der Waals surface area contributed by atoms with Crippen LogP contribution in [0.25, 0.3) is 11.3 Å². The molecule has 3 nitrogen and oxygen atoms in total. The van der Waals surface area contributed by atoms with Crippen LogP contribution in [-0.4, -0.2) is 10.2 Å². The summed E-state index contributed by atoms with van der Waals surface area (Å²) in [7, 11) is 0. The van der Waals surface area contributed by atoms with Crippen molar-refractivity contribution in [1.29, 1.82) is 0 Å². The number of aryl methyl sites for hydroxylation is 2. The van der Waals surface area contributed by atoms with Gasteiger partial charge in [0.05, 0.1) is 5.69 Å². The van der Waals surface area contributed by atoms with E-state index >= 15 is 0 Å². The average molecular weight is 187 g/mol. The van der Waals surface area contributed by atoms with E-state index < -0.39 is 0 Å². The van der Waals surface area contributed by atoms with Crippen LogP contribution in [0.3, 0.4) is 0 Å². The van der Waals surface area contributed by atoms with E-state index in [1.54, 1.807) is 0 Å². The molecule has 0 aliphatic carbocycles. The third-order valence-corrected chi connectivity index (χ3v) is 2.28. The van der Waals surface area contributed by atoms with Gasteiger partial charge >= 0.3 is 0 Å². The maximum atomic E-state index is 5.56. The fourth-order valence-corrected chi connectivity index (χ4v) is 1.50. The molecule has 3 heteroatoms. The molecule has 0 atom stereocenters. The lowest BCUT2D eigenvalue weighted by Gasteiger charge is -2.03. The largest absolute Gasteiger partial charge is 0.382 e. The molecule has 72 valence electrons. The first-order valence-electron chi connectivity index (χ1n) is 4.55. The highest BCUT2D eigenvalue weighted by atomic mass is 15.2. The Bertz CT molecular complexity index is 457. The maximum Gasteiger partial charge on any atom is 0.145 e. The number of hydrogen-bond donors (Lipinski definition) is 2. The molecule has 0 bridgehead atoms. The van der Waals surface area contributed by atoms with Crippen molar-refractivity contribution in [3.05, 3.63) is 35.4 Å². The molecule has 0 amide bonds. The number of H-pyrrole nitrogens is 1. The second-order valence-electron chi connectivity index (χ2n) is 3.52. The zero-order chi connectivity index (χ0) is 10.1. The summed E-state index contributed by atoms with van der Waals surface area (Å²) < 4.78 is 0. The molecule has 14 heavy (non-hydrogen) atoms. The standard InChI is InChI=1S/C11H13N3/c1-7-3-4-8(2)9(5-7)10-6-11(12)14-13-10/h3-6H,1-2H3,(H3,12,13,14). The summed E-state index contributed by atoms with van der Waals surface area (Å²) in [5, 5.41) is 6.83. The Balaban J connectivity index is 2.55. The summed E-state index contributed by atoms with van der Waals surface area (Å²) in [6.45, 7) is 4.15. The van der Waals surface area contributed by atoms with E-state index in [-0.39, 0.29) is 0 Å². The van der Waals surface area contributed by atoms with Crippen molar-refractivity contribution in [1.82, 2.24) is 10.2 Å². The predicted molar refractivity (Wildman–Crippen MR) is 57.9 cm³/mol. The van der Waals surface area contributed by atoms with Gasteiger partial charge in [-0.1, -0.05) is 17.7 Å². The molecule has 0 radical (unpaired) electrons. The molecule has 0 saturated carbocycles. The molecule has 1 aromatic carbocycles. The molecular weight excluding hydrogens is 174 g/mol. The van der Waals surface area contributed by atoms with Gasteiger partial charge in [-0.05, 0) is 25.5 Å². The zero-order valence-electron chi connectivity index (χ0n) is 8.33. The molecule has 1 heterocycles. The molecule has 0 aliphatic heterocycles. The van der Waals surface area contributed by atoms with Gasteiger partial charge in [-0.25, -0.2) is 0 Å². The van der Waals surface area contributed by atoms with Crippen molar-refractivity contribution in [2.75, 3.05) is 5.73 Å². The van der Waals surface area contributed by atoms with Crippen LogP contribution in [0.2, 0.25) is 0 Å². The van der Waals surface area contributed by atoms with E-state index in [4.69, 9.17) is 5.73 Å². The van der Waals surface area contributed by atoms with Crippen molar-refractivity contribution in [3.63, 3.8) is 0 Å². The van der Waals surface area contributed by atoms with Crippen LogP contribution in [0, 0.1) is 13.8 Å². The minimum Gasteiger partial charge on any atom is -0.382 e. The van der Waals surface area contributed by atoms with Crippen LogP contribution in [0.5, 0.6) is 0 Å². The van der Waals surface area contributed by atoms with E-state index in [1.807, 2.05) is 6.07 Å². The van der Waals surface area contributed by atoms with E-state index in [9.17, 15) is 0 Å². The van der Waals surface area contributed by atoms with Crippen molar-refractivity contribution in [2.45, 2.75) is 13.8 Å². The molecule has 0 saturated heterocycles. The van der Waals surface area contributed by atoms with Crippen molar-refractivity contribution < 1.29 is 0 Å². The summed E-state index contributed by atoms with van der Waals surface area (Å²) >= 11 is 0. The normalized spacial score (nSPS) is 10.4. The number of nitrogens with two attached hydrogens (primary N) is 1. The number of benzene rings is 1. The summed E-state index contributed by atoms with van der Waals surface area (Å²) in [5.74, 6) is 0.529. The lowest BCUT2D eigenvalue weighted by Crippen LogP contribution is -1.84. The molecule has 2 rings (SSSR count). The van der Waals surface area contributed by atoms with Gasteiger partial charge in [0, 0.05) is 11.6 Å². The van der Waals surface area contributed by atoms with Crippen molar-refractivity contribution >= 4 is 5.82 Å². The molecular formula is C11H13N3. The number of rotatable bonds is 1. The SMILES string of the molecule is Cc1ccc(C)c(-c2cc(N)n[nH]2)c1. The Morgan fingerprint density at radius 1 is 1.21 bits per heavy atom. The quantitative estimate of drug-likeness (QED) is 0.719. The lowest BCUT2D eigenvalue weighted by atomic mass is 10.0. The monoisotopic (exact) mass is 187 g/mol. The van der Waals surface area contributed by atoms with Crippen molar-refractivity contribution in [2.24, 2.45) is 0 Å². The van der Waals surface area contributed by atoms with Crippen LogP contribution in [0.15, 0.2) is 24.3 Å². The third kappa shape index (κ3) is 1.48. The van der Waals surface area contributed by atoms with Gasteiger partial charge in [-0.2, -0.15) is 5.10 Å². The highest BCUT2D eigenvalue weighted by Gasteiger charge is 2.04. The van der Waals surface area contributed by atoms with Gasteiger partial charge in [-0.3, -0.25) is 5.10 Å². The fraction of sp³-hybridized carbons (Fsp3) is 0.182. The number of aromatic amines is 1. The Morgan fingerprint density at radius 3 is 2.64 bits per heavy atom. The van der Waals surface area contributed by atoms with Gasteiger partial charge in [0.2, 0.25) is 0 Å². The summed E-state index contributed by atoms with van der Waals surface area (Å²) in [4.78, 5) is 0. The summed E-state index contributed by atoms with van der Waals surface area (Å²) in [5.41, 5.74) is 10.2. The highest BCUT2D eigenvalue weighted by Crippen LogP contribution is 2.23. The topological polar surface area (TPSA) is 54.7 Å². The van der Waals surface area contributed by atoms with Crippen molar-refractivity contribution in [3.8, 4) is 11.3 Å². The first kappa shape index (κ1) is 8.81. The molecule has 0 unspecified atom stereocenters.